The van der Waals surface area contributed by atoms with E-state index in [1.807, 2.05) is 0 Å². The molecule has 0 atom stereocenters. The summed E-state index contributed by atoms with van der Waals surface area (Å²) >= 11 is 0. The Kier molecular flexibility index (Phi) is 6.51. The van der Waals surface area contributed by atoms with Crippen LogP contribution in [0.1, 0.15) is 40.5 Å². The van der Waals surface area contributed by atoms with E-state index in [1.165, 1.54) is 7.11 Å². The monoisotopic (exact) mass is 341 g/mol. The number of anilines is 2. The Morgan fingerprint density at radius 2 is 1.84 bits per heavy atom. The van der Waals surface area contributed by atoms with E-state index in [0.717, 1.165) is 25.1 Å². The molecule has 0 fully saturated rings. The molecule has 1 amide bonds. The van der Waals surface area contributed by atoms with Crippen molar-refractivity contribution < 1.29 is 14.3 Å². The van der Waals surface area contributed by atoms with E-state index >= 15 is 0 Å². The van der Waals surface area contributed by atoms with Gasteiger partial charge in [-0.1, -0.05) is 13.3 Å². The predicted molar refractivity (Wildman–Crippen MR) is 97.2 cm³/mol. The molecule has 0 aliphatic rings. The van der Waals surface area contributed by atoms with Gasteiger partial charge in [-0.2, -0.15) is 0 Å². The number of aromatic nitrogens is 1. The maximum Gasteiger partial charge on any atom is 0.337 e. The minimum Gasteiger partial charge on any atom is -0.465 e. The highest BCUT2D eigenvalue weighted by Gasteiger charge is 2.12. The summed E-state index contributed by atoms with van der Waals surface area (Å²) in [5.41, 5.74) is 2.52. The van der Waals surface area contributed by atoms with Gasteiger partial charge in [0.25, 0.3) is 5.91 Å². The van der Waals surface area contributed by atoms with Gasteiger partial charge >= 0.3 is 5.97 Å². The first-order chi connectivity index (χ1) is 12.0. The lowest BCUT2D eigenvalue weighted by Gasteiger charge is -2.17. The molecule has 0 aliphatic carbocycles. The molecule has 6 nitrogen and oxygen atoms in total. The zero-order valence-electron chi connectivity index (χ0n) is 14.8. The Morgan fingerprint density at radius 1 is 1.12 bits per heavy atom. The summed E-state index contributed by atoms with van der Waals surface area (Å²) < 4.78 is 4.68. The van der Waals surface area contributed by atoms with E-state index in [1.54, 1.807) is 54.7 Å². The van der Waals surface area contributed by atoms with Gasteiger partial charge in [0, 0.05) is 25.5 Å². The predicted octanol–water partition coefficient (Wildman–Crippen LogP) is 3.48. The molecule has 2 aromatic rings. The summed E-state index contributed by atoms with van der Waals surface area (Å²) in [7, 11) is 3.14. The average molecular weight is 341 g/mol. The molecule has 0 unspecified atom stereocenters. The molecule has 6 heteroatoms. The number of carbonyl (C=O) groups excluding carboxylic acids is 2. The summed E-state index contributed by atoms with van der Waals surface area (Å²) in [5, 5.41) is 3.18. The molecule has 0 aliphatic heterocycles. The first-order valence-corrected chi connectivity index (χ1v) is 8.21. The van der Waals surface area contributed by atoms with Crippen molar-refractivity contribution in [1.82, 2.24) is 9.88 Å². The van der Waals surface area contributed by atoms with Crippen LogP contribution in [0.4, 0.5) is 11.4 Å². The molecule has 132 valence electrons. The maximum absolute atomic E-state index is 12.4. The van der Waals surface area contributed by atoms with Gasteiger partial charge in [-0.15, -0.1) is 0 Å². The number of nitrogens with zero attached hydrogens (tertiary/aromatic N) is 2. The van der Waals surface area contributed by atoms with E-state index in [0.29, 0.717) is 16.8 Å². The van der Waals surface area contributed by atoms with Gasteiger partial charge in [0.15, 0.2) is 0 Å². The van der Waals surface area contributed by atoms with Crippen LogP contribution in [-0.2, 0) is 4.74 Å². The van der Waals surface area contributed by atoms with E-state index < -0.39 is 0 Å². The topological polar surface area (TPSA) is 71.5 Å². The number of unbranched alkanes of at least 4 members (excludes halogenated alkanes) is 1. The minimum absolute atomic E-state index is 0.0503. The zero-order chi connectivity index (χ0) is 18.2. The Hall–Kier alpha value is -2.89. The number of rotatable bonds is 7. The van der Waals surface area contributed by atoms with Gasteiger partial charge in [0.2, 0.25) is 0 Å². The van der Waals surface area contributed by atoms with Gasteiger partial charge in [0.1, 0.15) is 0 Å². The minimum atomic E-state index is -0.379. The summed E-state index contributed by atoms with van der Waals surface area (Å²) in [5.74, 6) is -0.429. The zero-order valence-corrected chi connectivity index (χ0v) is 14.8. The van der Waals surface area contributed by atoms with Gasteiger partial charge in [-0.25, -0.2) is 4.79 Å². The number of hydrogen-bond acceptors (Lipinski definition) is 5. The fraction of sp³-hybridized carbons (Fsp3) is 0.316. The van der Waals surface area contributed by atoms with Crippen molar-refractivity contribution in [2.45, 2.75) is 19.8 Å². The molecule has 0 spiro atoms. The number of nitrogens with one attached hydrogen (secondary N) is 1. The third kappa shape index (κ3) is 5.04. The molecule has 1 aromatic heterocycles. The summed E-state index contributed by atoms with van der Waals surface area (Å²) in [6, 6.07) is 8.67. The van der Waals surface area contributed by atoms with E-state index in [2.05, 4.69) is 22.0 Å². The number of amides is 1. The van der Waals surface area contributed by atoms with Crippen LogP contribution in [0.5, 0.6) is 0 Å². The Labute approximate surface area is 147 Å². The smallest absolute Gasteiger partial charge is 0.337 e. The first-order valence-electron chi connectivity index (χ1n) is 8.21. The van der Waals surface area contributed by atoms with Crippen LogP contribution < -0.4 is 5.32 Å². The third-order valence-corrected chi connectivity index (χ3v) is 3.77. The highest BCUT2D eigenvalue weighted by molar-refractivity contribution is 5.94. The van der Waals surface area contributed by atoms with Crippen molar-refractivity contribution in [3.8, 4) is 0 Å². The van der Waals surface area contributed by atoms with E-state index in [9.17, 15) is 9.59 Å². The van der Waals surface area contributed by atoms with Crippen LogP contribution in [0.15, 0.2) is 42.7 Å². The summed E-state index contributed by atoms with van der Waals surface area (Å²) in [4.78, 5) is 29.7. The van der Waals surface area contributed by atoms with Crippen molar-refractivity contribution in [2.24, 2.45) is 0 Å². The van der Waals surface area contributed by atoms with Crippen LogP contribution in [0, 0.1) is 0 Å². The molecule has 25 heavy (non-hydrogen) atoms. The Bertz CT molecular complexity index is 729. The largest absolute Gasteiger partial charge is 0.465 e. The number of hydrogen-bond donors (Lipinski definition) is 1. The summed E-state index contributed by atoms with van der Waals surface area (Å²) in [6.07, 6.45) is 5.23. The molecule has 1 aromatic carbocycles. The van der Waals surface area contributed by atoms with E-state index in [4.69, 9.17) is 0 Å². The van der Waals surface area contributed by atoms with Crippen LogP contribution >= 0.6 is 0 Å². The second-order valence-corrected chi connectivity index (χ2v) is 5.74. The third-order valence-electron chi connectivity index (χ3n) is 3.77. The molecule has 0 radical (unpaired) electrons. The summed E-state index contributed by atoms with van der Waals surface area (Å²) in [6.45, 7) is 2.82. The normalized spacial score (nSPS) is 10.2. The standard InChI is InChI=1S/C19H23N3O3/c1-4-5-10-22(2)18(23)15-11-17(13-20-12-15)21-16-8-6-14(7-9-16)19(24)25-3/h6-9,11-13,21H,4-5,10H2,1-3H3. The van der Waals surface area contributed by atoms with Gasteiger partial charge in [-0.05, 0) is 36.8 Å². The second kappa shape index (κ2) is 8.82. The molecular formula is C19H23N3O3. The molecule has 0 saturated heterocycles. The van der Waals surface area contributed by atoms with Crippen molar-refractivity contribution in [3.05, 3.63) is 53.9 Å². The molecule has 0 bridgehead atoms. The highest BCUT2D eigenvalue weighted by Crippen LogP contribution is 2.18. The second-order valence-electron chi connectivity index (χ2n) is 5.74. The van der Waals surface area contributed by atoms with Crippen LogP contribution in [-0.4, -0.2) is 42.5 Å². The number of ether oxygens (including phenoxy) is 1. The number of methoxy groups -OCH3 is 1. The molecular weight excluding hydrogens is 318 g/mol. The van der Waals surface area contributed by atoms with Crippen LogP contribution in [0.25, 0.3) is 0 Å². The van der Waals surface area contributed by atoms with Gasteiger partial charge < -0.3 is 15.0 Å². The van der Waals surface area contributed by atoms with Crippen molar-refractivity contribution >= 4 is 23.3 Å². The lowest BCUT2D eigenvalue weighted by atomic mass is 10.2. The van der Waals surface area contributed by atoms with Crippen LogP contribution in [0.3, 0.4) is 0 Å². The average Bonchev–Trinajstić information content (AvgIpc) is 2.65. The number of esters is 1. The fourth-order valence-corrected chi connectivity index (χ4v) is 2.32. The number of carbonyl (C=O) groups is 2. The SMILES string of the molecule is CCCCN(C)C(=O)c1cncc(Nc2ccc(C(=O)OC)cc2)c1. The highest BCUT2D eigenvalue weighted by atomic mass is 16.5. The van der Waals surface area contributed by atoms with Crippen molar-refractivity contribution in [1.29, 1.82) is 0 Å². The van der Waals surface area contributed by atoms with Gasteiger partial charge in [0.05, 0.1) is 30.1 Å². The Morgan fingerprint density at radius 3 is 2.48 bits per heavy atom. The molecule has 0 saturated carbocycles. The number of benzene rings is 1. The maximum atomic E-state index is 12.4. The Balaban J connectivity index is 2.08. The van der Waals surface area contributed by atoms with E-state index in [-0.39, 0.29) is 11.9 Å². The quantitative estimate of drug-likeness (QED) is 0.781. The molecule has 1 heterocycles. The van der Waals surface area contributed by atoms with Crippen molar-refractivity contribution in [3.63, 3.8) is 0 Å². The van der Waals surface area contributed by atoms with Crippen molar-refractivity contribution in [2.75, 3.05) is 26.0 Å². The van der Waals surface area contributed by atoms with Crippen LogP contribution in [0.2, 0.25) is 0 Å². The molecule has 1 N–H and O–H groups in total. The lowest BCUT2D eigenvalue weighted by molar-refractivity contribution is 0.0600. The fourth-order valence-electron chi connectivity index (χ4n) is 2.32. The van der Waals surface area contributed by atoms with Gasteiger partial charge in [-0.3, -0.25) is 9.78 Å². The first kappa shape index (κ1) is 18.4. The lowest BCUT2D eigenvalue weighted by Crippen LogP contribution is -2.27. The molecule has 2 rings (SSSR count). The number of pyridine rings is 1.